The Bertz CT molecular complexity index is 974. The zero-order chi connectivity index (χ0) is 22.2. The fourth-order valence-corrected chi connectivity index (χ4v) is 3.66. The quantitative estimate of drug-likeness (QED) is 0.518. The third-order valence-electron chi connectivity index (χ3n) is 5.00. The van der Waals surface area contributed by atoms with Crippen molar-refractivity contribution in [3.8, 4) is 5.75 Å². The highest BCUT2D eigenvalue weighted by atomic mass is 35.5. The Morgan fingerprint density at radius 2 is 1.84 bits per heavy atom. The number of esters is 1. The second kappa shape index (κ2) is 10.9. The van der Waals surface area contributed by atoms with Crippen LogP contribution in [0.2, 0.25) is 5.02 Å². The minimum absolute atomic E-state index is 0.245. The minimum atomic E-state index is -0.679. The second-order valence-corrected chi connectivity index (χ2v) is 7.57. The fraction of sp³-hybridized carbons (Fsp3) is 0.333. The highest BCUT2D eigenvalue weighted by Crippen LogP contribution is 2.35. The number of ether oxygens (including phenoxy) is 2. The molecule has 31 heavy (non-hydrogen) atoms. The number of urea groups is 1. The van der Waals surface area contributed by atoms with Crippen LogP contribution >= 0.6 is 11.6 Å². The van der Waals surface area contributed by atoms with Gasteiger partial charge in [-0.1, -0.05) is 61.3 Å². The maximum atomic E-state index is 12.9. The van der Waals surface area contributed by atoms with Crippen molar-refractivity contribution in [3.63, 3.8) is 0 Å². The molecule has 0 saturated carbocycles. The monoisotopic (exact) mass is 442 g/mol. The van der Waals surface area contributed by atoms with Crippen LogP contribution in [0.3, 0.4) is 0 Å². The van der Waals surface area contributed by atoms with Gasteiger partial charge in [-0.25, -0.2) is 9.59 Å². The van der Waals surface area contributed by atoms with E-state index in [1.54, 1.807) is 13.0 Å². The van der Waals surface area contributed by atoms with E-state index in [2.05, 4.69) is 17.6 Å². The molecule has 0 spiro atoms. The van der Waals surface area contributed by atoms with Gasteiger partial charge in [0, 0.05) is 21.8 Å². The maximum Gasteiger partial charge on any atom is 0.338 e. The molecule has 1 aliphatic rings. The Labute approximate surface area is 187 Å². The molecule has 7 heteroatoms. The van der Waals surface area contributed by atoms with Crippen LogP contribution in [-0.2, 0) is 16.1 Å². The Kier molecular flexibility index (Phi) is 7.95. The summed E-state index contributed by atoms with van der Waals surface area (Å²) in [7, 11) is 0. The first-order valence-corrected chi connectivity index (χ1v) is 10.9. The smallest absolute Gasteiger partial charge is 0.338 e. The fourth-order valence-electron chi connectivity index (χ4n) is 3.47. The lowest BCUT2D eigenvalue weighted by atomic mass is 9.93. The van der Waals surface area contributed by atoms with Gasteiger partial charge in [0.1, 0.15) is 12.4 Å². The molecule has 0 fully saturated rings. The van der Waals surface area contributed by atoms with E-state index in [9.17, 15) is 9.59 Å². The number of halogens is 1. The van der Waals surface area contributed by atoms with E-state index in [0.29, 0.717) is 34.0 Å². The van der Waals surface area contributed by atoms with Gasteiger partial charge in [0.25, 0.3) is 0 Å². The van der Waals surface area contributed by atoms with Crippen LogP contribution < -0.4 is 15.4 Å². The van der Waals surface area contributed by atoms with Gasteiger partial charge in [-0.2, -0.15) is 0 Å². The standard InChI is InChI=1S/C24H27ClN2O4/c1-3-5-13-19-21(23(28)30-4-2)22(27-24(29)26-19)17-11-7-9-14-20(17)31-15-16-10-6-8-12-18(16)25/h6-12,14,22H,3-5,13,15H2,1-2H3,(H2,26,27,29). The molecule has 2 aromatic rings. The van der Waals surface area contributed by atoms with E-state index in [1.807, 2.05) is 42.5 Å². The Morgan fingerprint density at radius 3 is 2.58 bits per heavy atom. The molecular weight excluding hydrogens is 416 g/mol. The summed E-state index contributed by atoms with van der Waals surface area (Å²) in [5.74, 6) is 0.110. The van der Waals surface area contributed by atoms with Gasteiger partial charge >= 0.3 is 12.0 Å². The molecule has 2 aromatic carbocycles. The lowest BCUT2D eigenvalue weighted by molar-refractivity contribution is -0.139. The van der Waals surface area contributed by atoms with Crippen LogP contribution in [0.1, 0.15) is 50.3 Å². The molecule has 6 nitrogen and oxygen atoms in total. The number of para-hydroxylation sites is 1. The zero-order valence-corrected chi connectivity index (χ0v) is 18.5. The van der Waals surface area contributed by atoms with Gasteiger partial charge in [0.15, 0.2) is 0 Å². The number of unbranched alkanes of at least 4 members (excludes halogenated alkanes) is 1. The van der Waals surface area contributed by atoms with Crippen molar-refractivity contribution in [2.45, 2.75) is 45.8 Å². The summed E-state index contributed by atoms with van der Waals surface area (Å²) >= 11 is 6.25. The molecule has 2 amide bonds. The summed E-state index contributed by atoms with van der Waals surface area (Å²) in [4.78, 5) is 25.3. The van der Waals surface area contributed by atoms with Gasteiger partial charge in [-0.05, 0) is 31.9 Å². The van der Waals surface area contributed by atoms with Crippen LogP contribution in [0.15, 0.2) is 59.8 Å². The van der Waals surface area contributed by atoms with Crippen molar-refractivity contribution in [1.29, 1.82) is 0 Å². The number of rotatable bonds is 9. The van der Waals surface area contributed by atoms with Gasteiger partial charge < -0.3 is 20.1 Å². The molecule has 1 atom stereocenters. The van der Waals surface area contributed by atoms with E-state index in [4.69, 9.17) is 21.1 Å². The molecule has 0 aromatic heterocycles. The van der Waals surface area contributed by atoms with Crippen molar-refractivity contribution in [1.82, 2.24) is 10.6 Å². The zero-order valence-electron chi connectivity index (χ0n) is 17.7. The van der Waals surface area contributed by atoms with E-state index in [1.165, 1.54) is 0 Å². The molecule has 0 aliphatic carbocycles. The lowest BCUT2D eigenvalue weighted by Crippen LogP contribution is -2.46. The molecule has 164 valence electrons. The number of benzene rings is 2. The number of allylic oxidation sites excluding steroid dienone is 1. The van der Waals surface area contributed by atoms with Crippen LogP contribution in [-0.4, -0.2) is 18.6 Å². The van der Waals surface area contributed by atoms with Gasteiger partial charge in [0.2, 0.25) is 0 Å². The largest absolute Gasteiger partial charge is 0.488 e. The number of hydrogen-bond donors (Lipinski definition) is 2. The van der Waals surface area contributed by atoms with Crippen molar-refractivity contribution >= 4 is 23.6 Å². The molecule has 1 heterocycles. The van der Waals surface area contributed by atoms with Gasteiger partial charge in [0.05, 0.1) is 18.2 Å². The summed E-state index contributed by atoms with van der Waals surface area (Å²) in [6.45, 7) is 4.32. The summed E-state index contributed by atoms with van der Waals surface area (Å²) in [6.07, 6.45) is 2.36. The number of nitrogens with one attached hydrogen (secondary N) is 2. The Balaban J connectivity index is 1.97. The topological polar surface area (TPSA) is 76.7 Å². The third kappa shape index (κ3) is 5.58. The van der Waals surface area contributed by atoms with Crippen LogP contribution in [0, 0.1) is 0 Å². The molecule has 1 aliphatic heterocycles. The highest BCUT2D eigenvalue weighted by Gasteiger charge is 2.34. The molecule has 1 unspecified atom stereocenters. The molecule has 3 rings (SSSR count). The summed E-state index contributed by atoms with van der Waals surface area (Å²) in [5, 5.41) is 6.27. The normalized spacial score (nSPS) is 15.8. The van der Waals surface area contributed by atoms with Crippen molar-refractivity contribution in [3.05, 3.63) is 76.0 Å². The minimum Gasteiger partial charge on any atom is -0.488 e. The predicted molar refractivity (Wildman–Crippen MR) is 120 cm³/mol. The second-order valence-electron chi connectivity index (χ2n) is 7.17. The first-order valence-electron chi connectivity index (χ1n) is 10.5. The first kappa shape index (κ1) is 22.7. The van der Waals surface area contributed by atoms with Crippen molar-refractivity contribution in [2.24, 2.45) is 0 Å². The van der Waals surface area contributed by atoms with Crippen molar-refractivity contribution in [2.75, 3.05) is 6.61 Å². The predicted octanol–water partition coefficient (Wildman–Crippen LogP) is 5.28. The number of carbonyl (C=O) groups excluding carboxylic acids is 2. The Morgan fingerprint density at radius 1 is 1.10 bits per heavy atom. The number of amides is 2. The lowest BCUT2D eigenvalue weighted by Gasteiger charge is -2.30. The average Bonchev–Trinajstić information content (AvgIpc) is 2.77. The SMILES string of the molecule is CCCCC1=C(C(=O)OCC)C(c2ccccc2OCc2ccccc2Cl)NC(=O)N1. The molecule has 0 saturated heterocycles. The molecule has 0 radical (unpaired) electrons. The van der Waals surface area contributed by atoms with Crippen molar-refractivity contribution < 1.29 is 19.1 Å². The maximum absolute atomic E-state index is 12.9. The van der Waals surface area contributed by atoms with E-state index >= 15 is 0 Å². The number of carbonyl (C=O) groups is 2. The van der Waals surface area contributed by atoms with Crippen LogP contribution in [0.4, 0.5) is 4.79 Å². The average molecular weight is 443 g/mol. The van der Waals surface area contributed by atoms with E-state index in [-0.39, 0.29) is 19.2 Å². The van der Waals surface area contributed by atoms with Crippen LogP contribution in [0.5, 0.6) is 5.75 Å². The molecule has 2 N–H and O–H groups in total. The summed E-state index contributed by atoms with van der Waals surface area (Å²) in [5.41, 5.74) is 2.53. The van der Waals surface area contributed by atoms with Gasteiger partial charge in [-0.15, -0.1) is 0 Å². The summed E-state index contributed by atoms with van der Waals surface area (Å²) < 4.78 is 11.4. The number of hydrogen-bond acceptors (Lipinski definition) is 4. The third-order valence-corrected chi connectivity index (χ3v) is 5.37. The summed E-state index contributed by atoms with van der Waals surface area (Å²) in [6, 6.07) is 13.8. The van der Waals surface area contributed by atoms with E-state index in [0.717, 1.165) is 18.4 Å². The first-order chi connectivity index (χ1) is 15.0. The van der Waals surface area contributed by atoms with Gasteiger partial charge in [-0.3, -0.25) is 0 Å². The Hall–Kier alpha value is -2.99. The van der Waals surface area contributed by atoms with E-state index < -0.39 is 12.0 Å². The van der Waals surface area contributed by atoms with Crippen LogP contribution in [0.25, 0.3) is 0 Å². The molecule has 0 bridgehead atoms. The highest BCUT2D eigenvalue weighted by molar-refractivity contribution is 6.31. The molecular formula is C24H27ClN2O4.